The summed E-state index contributed by atoms with van der Waals surface area (Å²) in [6, 6.07) is 0.322. The van der Waals surface area contributed by atoms with E-state index in [0.29, 0.717) is 12.5 Å². The first kappa shape index (κ1) is 74.4. The normalized spacial score (nSPS) is 12.7. The number of aliphatic hydroxyl groups excluding tert-OH is 3. The number of aliphatic hydroxyl groups is 3. The van der Waals surface area contributed by atoms with Crippen LogP contribution in [0.1, 0.15) is 110 Å². The molecule has 0 heterocycles. The molecule has 0 aliphatic heterocycles. The summed E-state index contributed by atoms with van der Waals surface area (Å²) in [5.74, 6) is -1.90. The van der Waals surface area contributed by atoms with Crippen molar-refractivity contribution in [1.82, 2.24) is 14.7 Å². The van der Waals surface area contributed by atoms with Crippen LogP contribution >= 0.6 is 0 Å². The van der Waals surface area contributed by atoms with Gasteiger partial charge in [0.2, 0.25) is 0 Å². The van der Waals surface area contributed by atoms with E-state index in [1.54, 1.807) is 14.7 Å². The van der Waals surface area contributed by atoms with Gasteiger partial charge in [0, 0.05) is 71.4 Å². The van der Waals surface area contributed by atoms with Gasteiger partial charge in [0.05, 0.1) is 104 Å². The van der Waals surface area contributed by atoms with Crippen LogP contribution in [-0.2, 0) is 43.6 Å². The van der Waals surface area contributed by atoms with Gasteiger partial charge in [-0.05, 0) is 12.8 Å². The molecule has 0 saturated heterocycles. The average molecular weight is 1070 g/mol. The molecule has 19 nitrogen and oxygen atoms in total. The zero-order valence-corrected chi connectivity index (χ0v) is 49.5. The van der Waals surface area contributed by atoms with Crippen molar-refractivity contribution in [2.45, 2.75) is 116 Å². The fourth-order valence-corrected chi connectivity index (χ4v) is 11.2. The smallest absolute Gasteiger partial charge is 1.00 e. The Balaban J connectivity index is -0.00000641. The summed E-state index contributed by atoms with van der Waals surface area (Å²) < 4.78 is 121. The quantitative estimate of drug-likeness (QED) is 0.0191. The van der Waals surface area contributed by atoms with Crippen molar-refractivity contribution < 1.29 is 144 Å². The van der Waals surface area contributed by atoms with Crippen LogP contribution < -0.4 is 71.5 Å². The number of nitrogens with zero attached hydrogens (tertiary/aromatic N) is 4. The van der Waals surface area contributed by atoms with Crippen LogP contribution in [0.2, 0.25) is 6.04 Å². The number of hydrogen-bond acceptors (Lipinski definition) is 17. The van der Waals surface area contributed by atoms with Gasteiger partial charge in [-0.15, -0.1) is 0 Å². The van der Waals surface area contributed by atoms with E-state index >= 15 is 0 Å². The summed E-state index contributed by atoms with van der Waals surface area (Å²) in [4.78, 5) is 4.73. The van der Waals surface area contributed by atoms with Crippen LogP contribution in [0.3, 0.4) is 0 Å². The van der Waals surface area contributed by atoms with Crippen molar-refractivity contribution in [3.63, 3.8) is 0 Å². The van der Waals surface area contributed by atoms with Gasteiger partial charge >= 0.3 is 67.9 Å². The molecular formula is C40H87ClN4Na2O15S3Si. The van der Waals surface area contributed by atoms with E-state index in [1.807, 2.05) is 0 Å². The molecule has 0 radical (unpaired) electrons. The van der Waals surface area contributed by atoms with Gasteiger partial charge in [-0.25, -0.2) is 16.8 Å². The minimum atomic E-state index is -4.53. The fraction of sp³-hybridized carbons (Fsp3) is 1.00. The molecule has 4 N–H and O–H groups in total. The Labute approximate surface area is 452 Å². The predicted octanol–water partition coefficient (Wildman–Crippen LogP) is -6.81. The first-order valence-electron chi connectivity index (χ1n) is 23.2. The molecule has 0 aliphatic rings. The second-order valence-electron chi connectivity index (χ2n) is 17.2. The van der Waals surface area contributed by atoms with Gasteiger partial charge in [-0.1, -0.05) is 90.4 Å². The third-order valence-electron chi connectivity index (χ3n) is 11.0. The van der Waals surface area contributed by atoms with E-state index in [0.717, 1.165) is 30.4 Å². The van der Waals surface area contributed by atoms with E-state index in [2.05, 4.69) is 21.0 Å². The molecule has 388 valence electrons. The third kappa shape index (κ3) is 48.1. The summed E-state index contributed by atoms with van der Waals surface area (Å²) in [6.07, 6.45) is 19.9. The Bertz CT molecular complexity index is 1330. The number of unbranched alkanes of at least 4 members (excludes halogenated alkanes) is 14. The molecule has 0 spiro atoms. The zero-order valence-electron chi connectivity index (χ0n) is 41.3. The number of rotatable bonds is 47. The Morgan fingerprint density at radius 2 is 0.788 bits per heavy atom. The van der Waals surface area contributed by atoms with Crippen LogP contribution in [0.25, 0.3) is 0 Å². The van der Waals surface area contributed by atoms with Crippen molar-refractivity contribution in [2.24, 2.45) is 0 Å². The number of hydrogen-bond donors (Lipinski definition) is 4. The maximum atomic E-state index is 11.5. The largest absolute Gasteiger partial charge is 1.00 e. The van der Waals surface area contributed by atoms with E-state index < -0.39 is 56.4 Å². The summed E-state index contributed by atoms with van der Waals surface area (Å²) >= 11 is 0. The molecule has 26 heteroatoms. The van der Waals surface area contributed by atoms with Gasteiger partial charge in [0.15, 0.2) is 0 Å². The summed E-state index contributed by atoms with van der Waals surface area (Å²) in [7, 11) is -12.7. The molecule has 0 aromatic rings. The van der Waals surface area contributed by atoms with Gasteiger partial charge in [-0.3, -0.25) is 19.3 Å². The van der Waals surface area contributed by atoms with E-state index in [1.165, 1.54) is 83.5 Å². The minimum absolute atomic E-state index is 0. The molecule has 0 aliphatic carbocycles. The van der Waals surface area contributed by atoms with Crippen molar-refractivity contribution in [1.29, 1.82) is 0 Å². The Kier molecular flexibility index (Phi) is 50.0. The predicted molar refractivity (Wildman–Crippen MR) is 246 cm³/mol. The Hall–Kier alpha value is 1.84. The van der Waals surface area contributed by atoms with Crippen LogP contribution in [0.15, 0.2) is 0 Å². The van der Waals surface area contributed by atoms with Crippen LogP contribution in [0.5, 0.6) is 0 Å². The molecule has 0 aromatic heterocycles. The molecule has 0 rings (SSSR count). The Morgan fingerprint density at radius 3 is 1.09 bits per heavy atom. The summed E-state index contributed by atoms with van der Waals surface area (Å²) in [6.45, 7) is 3.18. The average Bonchev–Trinajstić information content (AvgIpc) is 3.18. The molecule has 0 bridgehead atoms. The van der Waals surface area contributed by atoms with Crippen LogP contribution in [-0.4, -0.2) is 225 Å². The van der Waals surface area contributed by atoms with Crippen molar-refractivity contribution >= 4 is 39.2 Å². The maximum absolute atomic E-state index is 11.5. The monoisotopic (exact) mass is 1070 g/mol. The second-order valence-corrected chi connectivity index (χ2v) is 24.5. The molecular weight excluding hydrogens is 982 g/mol. The van der Waals surface area contributed by atoms with Crippen LogP contribution in [0.4, 0.5) is 0 Å². The fourth-order valence-electron chi connectivity index (χ4n) is 7.24. The SMILES string of the molecule is CCCCCCCCCCCCCCCCC[N+](C)(C)CCC[Si](OCCN(CCO)CCS(=O)(=O)[O-])(OCCN(CCO)CCS(=O)(=O)[O-])OCCN(CCO)CCS(=O)(=O)O.[Cl-].[Na+].[Na+]. The van der Waals surface area contributed by atoms with E-state index in [9.17, 15) is 54.2 Å². The van der Waals surface area contributed by atoms with Gasteiger partial charge in [0.1, 0.15) is 0 Å². The Morgan fingerprint density at radius 1 is 0.485 bits per heavy atom. The minimum Gasteiger partial charge on any atom is -1.00 e. The standard InChI is InChI=1S/C40H88N4O15S3Si.ClH.2Na/c1-4-5-6-7-8-9-10-11-12-13-14-15-16-17-18-29-44(2,3)30-19-40-63(57-34-23-41(20-31-45)26-37-60(48,49)50,58-35-24-42(21-32-46)27-38-61(51,52)53)59-36-25-43(22-33-47)28-39-62(54,55)56;;;/h45-47H,4-40H2,1-3H3,(H2-,48,49,50,51,52,53,54,55,56);1H;;/q;;2*+1/p-2. The summed E-state index contributed by atoms with van der Waals surface area (Å²) in [5.41, 5.74) is 0. The van der Waals surface area contributed by atoms with Gasteiger partial charge < -0.3 is 54.6 Å². The molecule has 0 atom stereocenters. The van der Waals surface area contributed by atoms with Gasteiger partial charge in [-0.2, -0.15) is 8.42 Å². The molecule has 66 heavy (non-hydrogen) atoms. The van der Waals surface area contributed by atoms with Crippen molar-refractivity contribution in [2.75, 3.05) is 143 Å². The number of halogens is 1. The van der Waals surface area contributed by atoms with Crippen molar-refractivity contribution in [3.05, 3.63) is 0 Å². The zero-order chi connectivity index (χ0) is 47.5. The number of quaternary nitrogens is 1. The molecule has 0 amide bonds. The maximum Gasteiger partial charge on any atom is 1.00 e. The third-order valence-corrected chi connectivity index (χ3v) is 16.0. The second kappa shape index (κ2) is 44.3. The van der Waals surface area contributed by atoms with Crippen molar-refractivity contribution in [3.8, 4) is 0 Å². The molecule has 0 saturated carbocycles. The van der Waals surface area contributed by atoms with Crippen LogP contribution in [0, 0.1) is 0 Å². The topological polar surface area (TPSA) is 267 Å². The van der Waals surface area contributed by atoms with E-state index in [-0.39, 0.29) is 170 Å². The molecule has 0 unspecified atom stereocenters. The first-order valence-corrected chi connectivity index (χ1v) is 29.9. The van der Waals surface area contributed by atoms with E-state index in [4.69, 9.17) is 13.3 Å². The molecule has 0 aromatic carbocycles. The molecule has 0 fully saturated rings. The first-order chi connectivity index (χ1) is 29.7. The van der Waals surface area contributed by atoms with Gasteiger partial charge in [0.25, 0.3) is 10.1 Å². The summed E-state index contributed by atoms with van der Waals surface area (Å²) in [5, 5.41) is 28.8.